The molecule has 16 heavy (non-hydrogen) atoms. The van der Waals surface area contributed by atoms with Crippen molar-refractivity contribution in [3.05, 3.63) is 29.8 Å². The zero-order valence-corrected chi connectivity index (χ0v) is 10.2. The van der Waals surface area contributed by atoms with E-state index in [9.17, 15) is 0 Å². The number of likely N-dealkylation sites (N-methyl/N-ethyl adjacent to an activating group) is 1. The van der Waals surface area contributed by atoms with Crippen LogP contribution in [0.15, 0.2) is 24.3 Å². The summed E-state index contributed by atoms with van der Waals surface area (Å²) in [6.45, 7) is 8.05. The molecule has 0 radical (unpaired) electrons. The summed E-state index contributed by atoms with van der Waals surface area (Å²) in [5, 5.41) is 12.2. The Hall–Kier alpha value is -1.06. The molecule has 90 valence electrons. The first-order chi connectivity index (χ1) is 7.76. The zero-order valence-electron chi connectivity index (χ0n) is 10.2. The lowest BCUT2D eigenvalue weighted by atomic mass is 10.2. The summed E-state index contributed by atoms with van der Waals surface area (Å²) in [4.78, 5) is 2.22. The van der Waals surface area contributed by atoms with E-state index in [1.807, 2.05) is 0 Å². The van der Waals surface area contributed by atoms with Gasteiger partial charge in [0, 0.05) is 25.3 Å². The Morgan fingerprint density at radius 1 is 1.19 bits per heavy atom. The average Bonchev–Trinajstić information content (AvgIpc) is 2.30. The van der Waals surface area contributed by atoms with E-state index in [0.717, 1.165) is 31.9 Å². The summed E-state index contributed by atoms with van der Waals surface area (Å²) in [6.07, 6.45) is 0. The second-order valence-corrected chi connectivity index (χ2v) is 3.95. The predicted molar refractivity (Wildman–Crippen MR) is 68.9 cm³/mol. The molecule has 1 aromatic carbocycles. The van der Waals surface area contributed by atoms with Crippen LogP contribution in [0.2, 0.25) is 0 Å². The molecule has 0 aliphatic carbocycles. The minimum atomic E-state index is 0.234. The van der Waals surface area contributed by atoms with Crippen LogP contribution in [0.5, 0.6) is 0 Å². The maximum absolute atomic E-state index is 8.85. The maximum Gasteiger partial charge on any atom is 0.0558 e. The van der Waals surface area contributed by atoms with Crippen LogP contribution in [0.25, 0.3) is 0 Å². The van der Waals surface area contributed by atoms with Gasteiger partial charge in [0.05, 0.1) is 6.61 Å². The fourth-order valence-corrected chi connectivity index (χ4v) is 1.60. The Labute approximate surface area is 98.1 Å². The first-order valence-corrected chi connectivity index (χ1v) is 5.90. The van der Waals surface area contributed by atoms with E-state index in [1.54, 1.807) is 0 Å². The molecule has 0 heterocycles. The number of aryl methyl sites for hydroxylation is 1. The van der Waals surface area contributed by atoms with Gasteiger partial charge < -0.3 is 10.4 Å². The van der Waals surface area contributed by atoms with Gasteiger partial charge in [0.15, 0.2) is 0 Å². The van der Waals surface area contributed by atoms with Crippen LogP contribution in [0, 0.1) is 6.92 Å². The lowest BCUT2D eigenvalue weighted by molar-refractivity contribution is 0.206. The highest BCUT2D eigenvalue weighted by atomic mass is 16.3. The minimum absolute atomic E-state index is 0.234. The molecular formula is C13H22N2O. The van der Waals surface area contributed by atoms with Crippen molar-refractivity contribution in [2.24, 2.45) is 0 Å². The number of hydrogen-bond donors (Lipinski definition) is 2. The molecule has 1 rings (SSSR count). The van der Waals surface area contributed by atoms with Crippen molar-refractivity contribution >= 4 is 5.69 Å². The molecule has 0 amide bonds. The van der Waals surface area contributed by atoms with Crippen LogP contribution in [0.3, 0.4) is 0 Å². The fraction of sp³-hybridized carbons (Fsp3) is 0.538. The second-order valence-electron chi connectivity index (χ2n) is 3.95. The van der Waals surface area contributed by atoms with Crippen molar-refractivity contribution in [1.29, 1.82) is 0 Å². The Morgan fingerprint density at radius 3 is 2.44 bits per heavy atom. The van der Waals surface area contributed by atoms with Crippen molar-refractivity contribution in [1.82, 2.24) is 4.90 Å². The Morgan fingerprint density at radius 2 is 1.88 bits per heavy atom. The predicted octanol–water partition coefficient (Wildman–Crippen LogP) is 1.72. The Kier molecular flexibility index (Phi) is 5.90. The lowest BCUT2D eigenvalue weighted by Gasteiger charge is -2.19. The molecule has 2 N–H and O–H groups in total. The molecule has 3 nitrogen and oxygen atoms in total. The molecule has 0 spiro atoms. The molecule has 0 atom stereocenters. The smallest absolute Gasteiger partial charge is 0.0558 e. The molecule has 1 aromatic rings. The van der Waals surface area contributed by atoms with E-state index in [0.29, 0.717) is 0 Å². The fourth-order valence-electron chi connectivity index (χ4n) is 1.60. The molecule has 0 bridgehead atoms. The van der Waals surface area contributed by atoms with E-state index in [-0.39, 0.29) is 6.61 Å². The molecule has 0 aromatic heterocycles. The number of anilines is 1. The third-order valence-electron chi connectivity index (χ3n) is 2.67. The van der Waals surface area contributed by atoms with Gasteiger partial charge in [-0.15, -0.1) is 0 Å². The highest BCUT2D eigenvalue weighted by Crippen LogP contribution is 2.07. The van der Waals surface area contributed by atoms with E-state index in [1.165, 1.54) is 5.56 Å². The van der Waals surface area contributed by atoms with Gasteiger partial charge in [-0.05, 0) is 25.6 Å². The molecular weight excluding hydrogens is 200 g/mol. The van der Waals surface area contributed by atoms with Crippen molar-refractivity contribution < 1.29 is 5.11 Å². The van der Waals surface area contributed by atoms with Crippen LogP contribution in [0.1, 0.15) is 12.5 Å². The minimum Gasteiger partial charge on any atom is -0.395 e. The van der Waals surface area contributed by atoms with Gasteiger partial charge in [-0.3, -0.25) is 4.90 Å². The molecule has 0 fully saturated rings. The monoisotopic (exact) mass is 222 g/mol. The quantitative estimate of drug-likeness (QED) is 0.737. The summed E-state index contributed by atoms with van der Waals surface area (Å²) in [5.74, 6) is 0. The van der Waals surface area contributed by atoms with Gasteiger partial charge in [0.1, 0.15) is 0 Å². The first kappa shape index (κ1) is 13.0. The number of rotatable bonds is 7. The highest BCUT2D eigenvalue weighted by molar-refractivity contribution is 5.44. The summed E-state index contributed by atoms with van der Waals surface area (Å²) >= 11 is 0. The summed E-state index contributed by atoms with van der Waals surface area (Å²) in [5.41, 5.74) is 2.44. The van der Waals surface area contributed by atoms with E-state index >= 15 is 0 Å². The van der Waals surface area contributed by atoms with Crippen LogP contribution in [-0.2, 0) is 0 Å². The van der Waals surface area contributed by atoms with Crippen LogP contribution < -0.4 is 5.32 Å². The summed E-state index contributed by atoms with van der Waals surface area (Å²) in [7, 11) is 0. The standard InChI is InChI=1S/C13H22N2O/c1-3-15(10-11-16)9-8-14-13-6-4-12(2)5-7-13/h4-7,14,16H,3,8-11H2,1-2H3. The number of aliphatic hydroxyl groups excluding tert-OH is 1. The largest absolute Gasteiger partial charge is 0.395 e. The summed E-state index contributed by atoms with van der Waals surface area (Å²) < 4.78 is 0. The maximum atomic E-state index is 8.85. The van der Waals surface area contributed by atoms with Crippen LogP contribution in [0.4, 0.5) is 5.69 Å². The second kappa shape index (κ2) is 7.25. The molecule has 3 heteroatoms. The van der Waals surface area contributed by atoms with E-state index < -0.39 is 0 Å². The third-order valence-corrected chi connectivity index (χ3v) is 2.67. The molecule has 0 unspecified atom stereocenters. The van der Waals surface area contributed by atoms with Gasteiger partial charge in [-0.25, -0.2) is 0 Å². The third kappa shape index (κ3) is 4.64. The molecule has 0 aliphatic rings. The topological polar surface area (TPSA) is 35.5 Å². The molecule has 0 aliphatic heterocycles. The average molecular weight is 222 g/mol. The number of nitrogens with one attached hydrogen (secondary N) is 1. The number of hydrogen-bond acceptors (Lipinski definition) is 3. The Bertz CT molecular complexity index is 284. The van der Waals surface area contributed by atoms with Crippen LogP contribution in [-0.4, -0.2) is 42.8 Å². The normalized spacial score (nSPS) is 10.8. The van der Waals surface area contributed by atoms with Crippen molar-refractivity contribution in [2.75, 3.05) is 38.1 Å². The number of nitrogens with zero attached hydrogens (tertiary/aromatic N) is 1. The molecule has 0 saturated carbocycles. The van der Waals surface area contributed by atoms with E-state index in [2.05, 4.69) is 48.3 Å². The van der Waals surface area contributed by atoms with Crippen molar-refractivity contribution in [2.45, 2.75) is 13.8 Å². The van der Waals surface area contributed by atoms with Gasteiger partial charge in [-0.1, -0.05) is 24.6 Å². The molecule has 0 saturated heterocycles. The zero-order chi connectivity index (χ0) is 11.8. The Balaban J connectivity index is 2.26. The highest BCUT2D eigenvalue weighted by Gasteiger charge is 2.00. The van der Waals surface area contributed by atoms with Crippen molar-refractivity contribution in [3.8, 4) is 0 Å². The van der Waals surface area contributed by atoms with Gasteiger partial charge >= 0.3 is 0 Å². The summed E-state index contributed by atoms with van der Waals surface area (Å²) in [6, 6.07) is 8.40. The van der Waals surface area contributed by atoms with Gasteiger partial charge in [-0.2, -0.15) is 0 Å². The number of aliphatic hydroxyl groups is 1. The van der Waals surface area contributed by atoms with Crippen molar-refractivity contribution in [3.63, 3.8) is 0 Å². The van der Waals surface area contributed by atoms with Crippen LogP contribution >= 0.6 is 0 Å². The first-order valence-electron chi connectivity index (χ1n) is 5.90. The van der Waals surface area contributed by atoms with E-state index in [4.69, 9.17) is 5.11 Å². The lowest BCUT2D eigenvalue weighted by Crippen LogP contribution is -2.31. The number of benzene rings is 1. The van der Waals surface area contributed by atoms with Gasteiger partial charge in [0.2, 0.25) is 0 Å². The van der Waals surface area contributed by atoms with Gasteiger partial charge in [0.25, 0.3) is 0 Å². The SMILES string of the molecule is CCN(CCO)CCNc1ccc(C)cc1.